The number of anilines is 1. The first-order chi connectivity index (χ1) is 21.5. The quantitative estimate of drug-likeness (QED) is 0.107. The number of ether oxygens (including phenoxy) is 4. The van der Waals surface area contributed by atoms with E-state index in [0.29, 0.717) is 40.5 Å². The lowest BCUT2D eigenvalue weighted by atomic mass is 10.1. The number of carbonyl (C=O) groups excluding carboxylic acids is 1. The normalized spacial score (nSPS) is 13.5. The first-order valence-corrected chi connectivity index (χ1v) is 14.6. The number of amides is 2. The van der Waals surface area contributed by atoms with E-state index in [9.17, 15) is 4.79 Å². The van der Waals surface area contributed by atoms with Crippen molar-refractivity contribution in [1.82, 2.24) is 15.3 Å². The zero-order valence-corrected chi connectivity index (χ0v) is 24.8. The number of rotatable bonds is 12. The van der Waals surface area contributed by atoms with Crippen LogP contribution in [-0.2, 0) is 0 Å². The smallest absolute Gasteiger partial charge is 0.339 e. The van der Waals surface area contributed by atoms with E-state index in [0.717, 1.165) is 31.6 Å². The van der Waals surface area contributed by atoms with E-state index >= 15 is 4.39 Å². The third kappa shape index (κ3) is 8.13. The van der Waals surface area contributed by atoms with Gasteiger partial charge in [-0.1, -0.05) is 18.6 Å². The van der Waals surface area contributed by atoms with E-state index < -0.39 is 11.8 Å². The molecule has 1 aliphatic rings. The molecule has 2 amide bonds. The van der Waals surface area contributed by atoms with E-state index in [2.05, 4.69) is 25.7 Å². The number of aromatic nitrogens is 1. The lowest BCUT2D eigenvalue weighted by Crippen LogP contribution is -2.31. The lowest BCUT2D eigenvalue weighted by molar-refractivity contribution is 0.203. The number of nitrogens with one attached hydrogen (secondary N) is 2. The summed E-state index contributed by atoms with van der Waals surface area (Å²) in [5, 5.41) is 7.09. The SMILES string of the molecule is COc1cccc(/C=N/NC(=O)Nc2ccc(Oc3ccnc4cc(OCCCN5CCCCC5)c(OC)cc34)c(F)c2)c1. The molecular weight excluding hydrogens is 565 g/mol. The number of likely N-dealkylation sites (tertiary alicyclic amines) is 1. The Kier molecular flexibility index (Phi) is 10.4. The van der Waals surface area contributed by atoms with Gasteiger partial charge in [0.1, 0.15) is 11.5 Å². The van der Waals surface area contributed by atoms with Gasteiger partial charge in [0.15, 0.2) is 23.1 Å². The van der Waals surface area contributed by atoms with Gasteiger partial charge in [-0.15, -0.1) is 0 Å². The first-order valence-electron chi connectivity index (χ1n) is 14.6. The maximum Gasteiger partial charge on any atom is 0.339 e. The minimum absolute atomic E-state index is 0.0171. The van der Waals surface area contributed by atoms with E-state index in [-0.39, 0.29) is 11.4 Å². The number of hydrogen-bond acceptors (Lipinski definition) is 8. The Bertz CT molecular complexity index is 1610. The minimum Gasteiger partial charge on any atom is -0.497 e. The predicted molar refractivity (Wildman–Crippen MR) is 168 cm³/mol. The number of benzene rings is 3. The van der Waals surface area contributed by atoms with Crippen molar-refractivity contribution in [3.63, 3.8) is 0 Å². The van der Waals surface area contributed by atoms with Crippen LogP contribution >= 0.6 is 0 Å². The molecule has 1 fully saturated rings. The second kappa shape index (κ2) is 15.0. The van der Waals surface area contributed by atoms with Gasteiger partial charge in [-0.25, -0.2) is 14.6 Å². The molecule has 10 nitrogen and oxygen atoms in total. The molecule has 4 aromatic rings. The molecule has 0 unspecified atom stereocenters. The molecule has 1 saturated heterocycles. The molecule has 0 bridgehead atoms. The Morgan fingerprint density at radius 3 is 2.64 bits per heavy atom. The van der Waals surface area contributed by atoms with Crippen LogP contribution in [0.2, 0.25) is 0 Å². The maximum atomic E-state index is 15.0. The second-order valence-electron chi connectivity index (χ2n) is 10.3. The van der Waals surface area contributed by atoms with Gasteiger partial charge >= 0.3 is 6.03 Å². The van der Waals surface area contributed by atoms with Gasteiger partial charge in [0, 0.05) is 35.9 Å². The molecule has 44 heavy (non-hydrogen) atoms. The highest BCUT2D eigenvalue weighted by molar-refractivity contribution is 5.91. The third-order valence-corrected chi connectivity index (χ3v) is 7.20. The number of piperidine rings is 1. The number of halogens is 1. The largest absolute Gasteiger partial charge is 0.497 e. The number of methoxy groups -OCH3 is 2. The van der Waals surface area contributed by atoms with E-state index in [1.807, 2.05) is 12.1 Å². The topological polar surface area (TPSA) is 107 Å². The van der Waals surface area contributed by atoms with Crippen LogP contribution < -0.4 is 29.7 Å². The summed E-state index contributed by atoms with van der Waals surface area (Å²) in [7, 11) is 3.14. The summed E-state index contributed by atoms with van der Waals surface area (Å²) in [6.45, 7) is 3.88. The third-order valence-electron chi connectivity index (χ3n) is 7.20. The molecule has 1 aliphatic heterocycles. The summed E-state index contributed by atoms with van der Waals surface area (Å²) in [6.07, 6.45) is 7.82. The van der Waals surface area contributed by atoms with Crippen LogP contribution in [0.1, 0.15) is 31.2 Å². The Labute approximate surface area is 255 Å². The van der Waals surface area contributed by atoms with Gasteiger partial charge in [-0.3, -0.25) is 4.98 Å². The van der Waals surface area contributed by atoms with E-state index in [4.69, 9.17) is 18.9 Å². The Morgan fingerprint density at radius 2 is 1.84 bits per heavy atom. The number of pyridine rings is 1. The van der Waals surface area contributed by atoms with Crippen LogP contribution in [0.25, 0.3) is 10.9 Å². The fourth-order valence-corrected chi connectivity index (χ4v) is 4.97. The summed E-state index contributed by atoms with van der Waals surface area (Å²) in [6, 6.07) is 15.9. The summed E-state index contributed by atoms with van der Waals surface area (Å²) in [5.41, 5.74) is 3.95. The highest BCUT2D eigenvalue weighted by Crippen LogP contribution is 2.38. The molecule has 0 radical (unpaired) electrons. The number of urea groups is 1. The van der Waals surface area contributed by atoms with Crippen LogP contribution in [-0.4, -0.2) is 62.6 Å². The van der Waals surface area contributed by atoms with Gasteiger partial charge < -0.3 is 29.2 Å². The van der Waals surface area contributed by atoms with Gasteiger partial charge in [-0.05, 0) is 74.3 Å². The molecule has 2 heterocycles. The Hall–Kier alpha value is -4.90. The number of carbonyl (C=O) groups is 1. The monoisotopic (exact) mass is 601 g/mol. The molecule has 11 heteroatoms. The molecule has 0 atom stereocenters. The van der Waals surface area contributed by atoms with Crippen LogP contribution in [0, 0.1) is 5.82 Å². The number of hydrogen-bond donors (Lipinski definition) is 2. The lowest BCUT2D eigenvalue weighted by Gasteiger charge is -2.26. The standard InChI is InChI=1S/C33H36FN5O5/c1-41-25-9-6-8-23(18-25)22-36-38-33(40)37-24-10-11-30(27(34)19-24)44-29-12-13-35-28-21-32(31(42-2)20-26(28)29)43-17-7-16-39-14-4-3-5-15-39/h6,8-13,18-22H,3-5,7,14-17H2,1-2H3,(H2,37,38,40)/b36-22+. The fraction of sp³-hybridized carbons (Fsp3) is 0.303. The summed E-state index contributed by atoms with van der Waals surface area (Å²) in [4.78, 5) is 19.2. The van der Waals surface area contributed by atoms with Crippen molar-refractivity contribution in [2.24, 2.45) is 5.10 Å². The van der Waals surface area contributed by atoms with Crippen molar-refractivity contribution in [1.29, 1.82) is 0 Å². The van der Waals surface area contributed by atoms with E-state index in [1.165, 1.54) is 43.7 Å². The van der Waals surface area contributed by atoms with Crippen LogP contribution in [0.15, 0.2) is 72.0 Å². The molecule has 3 aromatic carbocycles. The molecule has 5 rings (SSSR count). The van der Waals surface area contributed by atoms with E-state index in [1.54, 1.807) is 50.7 Å². The molecule has 2 N–H and O–H groups in total. The number of fused-ring (bicyclic) bond motifs is 1. The molecule has 0 saturated carbocycles. The van der Waals surface area contributed by atoms with Gasteiger partial charge in [0.2, 0.25) is 0 Å². The van der Waals surface area contributed by atoms with Crippen LogP contribution in [0.5, 0.6) is 28.7 Å². The molecule has 0 aliphatic carbocycles. The fourth-order valence-electron chi connectivity index (χ4n) is 4.97. The zero-order chi connectivity index (χ0) is 30.7. The Morgan fingerprint density at radius 1 is 0.977 bits per heavy atom. The Balaban J connectivity index is 1.20. The van der Waals surface area contributed by atoms with Crippen LogP contribution in [0.3, 0.4) is 0 Å². The number of hydrazone groups is 1. The van der Waals surface area contributed by atoms with Crippen molar-refractivity contribution in [3.8, 4) is 28.7 Å². The molecule has 1 aromatic heterocycles. The highest BCUT2D eigenvalue weighted by atomic mass is 19.1. The predicted octanol–water partition coefficient (Wildman–Crippen LogP) is 6.59. The first kappa shape index (κ1) is 30.6. The number of nitrogens with zero attached hydrogens (tertiary/aromatic N) is 3. The summed E-state index contributed by atoms with van der Waals surface area (Å²) in [5.74, 6) is 1.52. The van der Waals surface area contributed by atoms with Crippen molar-refractivity contribution in [3.05, 3.63) is 78.2 Å². The average Bonchev–Trinajstić information content (AvgIpc) is 3.04. The maximum absolute atomic E-state index is 15.0. The highest BCUT2D eigenvalue weighted by Gasteiger charge is 2.15. The van der Waals surface area contributed by atoms with Gasteiger partial charge in [0.25, 0.3) is 0 Å². The average molecular weight is 602 g/mol. The zero-order valence-electron chi connectivity index (χ0n) is 24.8. The molecule has 0 spiro atoms. The molecular formula is C33H36FN5O5. The summed E-state index contributed by atoms with van der Waals surface area (Å²) >= 11 is 0. The van der Waals surface area contributed by atoms with Crippen molar-refractivity contribution < 1.29 is 28.1 Å². The summed E-state index contributed by atoms with van der Waals surface area (Å²) < 4.78 is 37.8. The molecule has 230 valence electrons. The minimum atomic E-state index is -0.659. The van der Waals surface area contributed by atoms with Crippen molar-refractivity contribution in [2.75, 3.05) is 45.8 Å². The van der Waals surface area contributed by atoms with Gasteiger partial charge in [0.05, 0.1) is 32.6 Å². The van der Waals surface area contributed by atoms with Crippen LogP contribution in [0.4, 0.5) is 14.9 Å². The second-order valence-corrected chi connectivity index (χ2v) is 10.3. The van der Waals surface area contributed by atoms with Crippen molar-refractivity contribution >= 4 is 28.8 Å². The van der Waals surface area contributed by atoms with Crippen molar-refractivity contribution in [2.45, 2.75) is 25.7 Å². The van der Waals surface area contributed by atoms with Gasteiger partial charge in [-0.2, -0.15) is 5.10 Å².